The number of ether oxygens (including phenoxy) is 2. The van der Waals surface area contributed by atoms with Gasteiger partial charge in [0.05, 0.1) is 14.2 Å². The Balaban J connectivity index is 2.21. The van der Waals surface area contributed by atoms with Gasteiger partial charge in [-0.2, -0.15) is 0 Å². The normalized spacial score (nSPS) is 12.4. The van der Waals surface area contributed by atoms with Crippen molar-refractivity contribution in [1.29, 1.82) is 0 Å². The summed E-state index contributed by atoms with van der Waals surface area (Å²) in [6.45, 7) is 1.28. The Morgan fingerprint density at radius 3 is 2.33 bits per heavy atom. The van der Waals surface area contributed by atoms with Crippen LogP contribution in [0.5, 0.6) is 5.75 Å². The molecular weight excluding hydrogens is 391 g/mol. The number of carbonyl (C=O) groups is 3. The summed E-state index contributed by atoms with van der Waals surface area (Å²) in [5.41, 5.74) is 1.24. The van der Waals surface area contributed by atoms with Crippen molar-refractivity contribution in [3.05, 3.63) is 65.5 Å². The average Bonchev–Trinajstić information content (AvgIpc) is 2.72. The van der Waals surface area contributed by atoms with Crippen molar-refractivity contribution in [2.75, 3.05) is 14.2 Å². The molecule has 2 amide bonds. The lowest BCUT2D eigenvalue weighted by Gasteiger charge is -2.22. The fourth-order valence-electron chi connectivity index (χ4n) is 3.05. The number of nitrogens with one attached hydrogen (secondary N) is 2. The van der Waals surface area contributed by atoms with Crippen LogP contribution in [0.1, 0.15) is 18.1 Å². The highest BCUT2D eigenvalue weighted by Crippen LogP contribution is 2.19. The highest BCUT2D eigenvalue weighted by molar-refractivity contribution is 5.90. The first kappa shape index (κ1) is 22.9. The molecule has 30 heavy (non-hydrogen) atoms. The Hall–Kier alpha value is -3.42. The number of hydrogen-bond acceptors (Lipinski definition) is 5. The van der Waals surface area contributed by atoms with Crippen LogP contribution in [0, 0.1) is 5.82 Å². The zero-order valence-electron chi connectivity index (χ0n) is 17.1. The Labute approximate surface area is 174 Å². The van der Waals surface area contributed by atoms with Gasteiger partial charge in [0.1, 0.15) is 23.7 Å². The summed E-state index contributed by atoms with van der Waals surface area (Å²) >= 11 is 0. The summed E-state index contributed by atoms with van der Waals surface area (Å²) in [6.07, 6.45) is 0.195. The van der Waals surface area contributed by atoms with Gasteiger partial charge in [-0.1, -0.05) is 30.3 Å². The number of hydrogen-bond donors (Lipinski definition) is 2. The molecule has 2 aromatic rings. The first-order valence-corrected chi connectivity index (χ1v) is 9.35. The lowest BCUT2D eigenvalue weighted by atomic mass is 10.0. The molecular formula is C22H25FN2O5. The van der Waals surface area contributed by atoms with E-state index in [0.29, 0.717) is 16.9 Å². The van der Waals surface area contributed by atoms with Crippen molar-refractivity contribution in [3.63, 3.8) is 0 Å². The number of para-hydroxylation sites is 1. The number of esters is 1. The minimum absolute atomic E-state index is 0.0612. The number of benzene rings is 2. The molecule has 0 aliphatic carbocycles. The maximum Gasteiger partial charge on any atom is 0.328 e. The lowest BCUT2D eigenvalue weighted by Crippen LogP contribution is -2.53. The Bertz CT molecular complexity index is 903. The van der Waals surface area contributed by atoms with Crippen LogP contribution in [0.15, 0.2) is 48.5 Å². The Morgan fingerprint density at radius 1 is 0.967 bits per heavy atom. The fourth-order valence-corrected chi connectivity index (χ4v) is 3.05. The average molecular weight is 416 g/mol. The minimum atomic E-state index is -0.998. The van der Waals surface area contributed by atoms with Gasteiger partial charge in [0.2, 0.25) is 11.8 Å². The van der Waals surface area contributed by atoms with Crippen LogP contribution in [0.2, 0.25) is 0 Å². The fraction of sp³-hybridized carbons (Fsp3) is 0.318. The summed E-state index contributed by atoms with van der Waals surface area (Å²) in [7, 11) is 2.73. The highest BCUT2D eigenvalue weighted by atomic mass is 19.1. The van der Waals surface area contributed by atoms with E-state index in [9.17, 15) is 18.8 Å². The second-order valence-electron chi connectivity index (χ2n) is 6.69. The molecule has 0 bridgehead atoms. The summed E-state index contributed by atoms with van der Waals surface area (Å²) in [6, 6.07) is 10.9. The molecule has 0 radical (unpaired) electrons. The van der Waals surface area contributed by atoms with Gasteiger partial charge < -0.3 is 20.1 Å². The molecule has 0 heterocycles. The van der Waals surface area contributed by atoms with Crippen LogP contribution in [-0.2, 0) is 32.0 Å². The van der Waals surface area contributed by atoms with Crippen LogP contribution in [-0.4, -0.2) is 44.1 Å². The summed E-state index contributed by atoms with van der Waals surface area (Å²) in [4.78, 5) is 36.8. The first-order chi connectivity index (χ1) is 14.3. The highest BCUT2D eigenvalue weighted by Gasteiger charge is 2.28. The Morgan fingerprint density at radius 2 is 1.70 bits per heavy atom. The molecule has 2 atom stereocenters. The second kappa shape index (κ2) is 10.9. The van der Waals surface area contributed by atoms with Crippen LogP contribution >= 0.6 is 0 Å². The predicted octanol–water partition coefficient (Wildman–Crippen LogP) is 1.78. The summed E-state index contributed by atoms with van der Waals surface area (Å²) < 4.78 is 23.6. The van der Waals surface area contributed by atoms with Gasteiger partial charge in [-0.25, -0.2) is 9.18 Å². The smallest absolute Gasteiger partial charge is 0.328 e. The van der Waals surface area contributed by atoms with Crippen molar-refractivity contribution in [3.8, 4) is 5.75 Å². The van der Waals surface area contributed by atoms with Gasteiger partial charge >= 0.3 is 5.97 Å². The molecule has 160 valence electrons. The van der Waals surface area contributed by atoms with E-state index in [4.69, 9.17) is 9.47 Å². The van der Waals surface area contributed by atoms with Gasteiger partial charge in [-0.05, 0) is 29.3 Å². The topological polar surface area (TPSA) is 93.7 Å². The van der Waals surface area contributed by atoms with E-state index >= 15 is 0 Å². The third-order valence-corrected chi connectivity index (χ3v) is 4.44. The summed E-state index contributed by atoms with van der Waals surface area (Å²) in [5.74, 6) is -1.52. The van der Waals surface area contributed by atoms with E-state index in [1.165, 1.54) is 39.3 Å². The molecule has 0 aliphatic heterocycles. The van der Waals surface area contributed by atoms with Gasteiger partial charge in [-0.15, -0.1) is 0 Å². The number of carbonyl (C=O) groups excluding carboxylic acids is 3. The second-order valence-corrected chi connectivity index (χ2v) is 6.69. The molecule has 0 saturated heterocycles. The van der Waals surface area contributed by atoms with Crippen LogP contribution in [0.25, 0.3) is 0 Å². The van der Waals surface area contributed by atoms with Gasteiger partial charge in [-0.3, -0.25) is 9.59 Å². The van der Waals surface area contributed by atoms with E-state index in [1.54, 1.807) is 30.3 Å². The maximum absolute atomic E-state index is 13.5. The minimum Gasteiger partial charge on any atom is -0.496 e. The van der Waals surface area contributed by atoms with Crippen molar-refractivity contribution >= 4 is 17.8 Å². The largest absolute Gasteiger partial charge is 0.496 e. The van der Waals surface area contributed by atoms with E-state index < -0.39 is 35.7 Å². The van der Waals surface area contributed by atoms with Crippen molar-refractivity contribution in [2.24, 2.45) is 0 Å². The van der Waals surface area contributed by atoms with Crippen molar-refractivity contribution in [2.45, 2.75) is 31.8 Å². The zero-order valence-corrected chi connectivity index (χ0v) is 17.1. The Kier molecular flexibility index (Phi) is 8.34. The van der Waals surface area contributed by atoms with Crippen molar-refractivity contribution < 1.29 is 28.2 Å². The molecule has 0 aromatic heterocycles. The van der Waals surface area contributed by atoms with E-state index in [1.807, 2.05) is 0 Å². The van der Waals surface area contributed by atoms with Crippen LogP contribution in [0.4, 0.5) is 4.39 Å². The van der Waals surface area contributed by atoms with E-state index in [2.05, 4.69) is 10.6 Å². The molecule has 2 aromatic carbocycles. The molecule has 2 rings (SSSR count). The van der Waals surface area contributed by atoms with Gasteiger partial charge in [0.25, 0.3) is 0 Å². The maximum atomic E-state index is 13.5. The molecule has 7 nitrogen and oxygen atoms in total. The summed E-state index contributed by atoms with van der Waals surface area (Å²) in [5, 5.41) is 5.18. The van der Waals surface area contributed by atoms with Crippen molar-refractivity contribution in [1.82, 2.24) is 10.6 Å². The molecule has 0 spiro atoms. The van der Waals surface area contributed by atoms with E-state index in [-0.39, 0.29) is 12.8 Å². The quantitative estimate of drug-likeness (QED) is 0.608. The molecule has 0 saturated carbocycles. The predicted molar refractivity (Wildman–Crippen MR) is 108 cm³/mol. The first-order valence-electron chi connectivity index (χ1n) is 9.35. The van der Waals surface area contributed by atoms with Gasteiger partial charge in [0, 0.05) is 19.8 Å². The number of amides is 2. The zero-order chi connectivity index (χ0) is 22.1. The SMILES string of the molecule is COC(=O)[C@@H](Cc1ccccc1OC)NC(=O)[C@H](Cc1cccc(F)c1)NC(C)=O. The molecule has 0 fully saturated rings. The third-order valence-electron chi connectivity index (χ3n) is 4.44. The molecule has 0 aliphatic rings. The lowest BCUT2D eigenvalue weighted by molar-refractivity contribution is -0.145. The number of rotatable bonds is 9. The van der Waals surface area contributed by atoms with Crippen LogP contribution < -0.4 is 15.4 Å². The third kappa shape index (κ3) is 6.58. The standard InChI is InChI=1S/C22H25FN2O5/c1-14(26)24-18(12-15-7-6-9-17(23)11-15)21(27)25-19(22(28)30-3)13-16-8-4-5-10-20(16)29-2/h4-11,18-19H,12-13H2,1-3H3,(H,24,26)(H,25,27)/t18-,19+/m0/s1. The number of halogens is 1. The molecule has 0 unspecified atom stereocenters. The number of methoxy groups -OCH3 is 2. The van der Waals surface area contributed by atoms with Crippen LogP contribution in [0.3, 0.4) is 0 Å². The molecule has 8 heteroatoms. The monoisotopic (exact) mass is 416 g/mol. The van der Waals surface area contributed by atoms with Gasteiger partial charge in [0.15, 0.2) is 0 Å². The molecule has 2 N–H and O–H groups in total. The van der Waals surface area contributed by atoms with E-state index in [0.717, 1.165) is 0 Å².